The molecular weight excluding hydrogens is 382 g/mol. The molecule has 0 saturated heterocycles. The first-order valence-corrected chi connectivity index (χ1v) is 10.4. The predicted molar refractivity (Wildman–Crippen MR) is 124 cm³/mol. The minimum Gasteiger partial charge on any atom is -0.488 e. The molecular formula is C28H25NO2. The van der Waals surface area contributed by atoms with Crippen molar-refractivity contribution < 1.29 is 9.53 Å². The Morgan fingerprint density at radius 1 is 0.742 bits per heavy atom. The standard InChI is InChI=1S/C28H25NO2/c1-21-16-18-24(19-17-21)27(23-12-6-3-7-13-23)29-28(30)25-14-8-9-15-26(25)31-20-22-10-4-2-5-11-22/h2-19,27H,20H2,1H3,(H,29,30)/t27-/m1/s1. The summed E-state index contributed by atoms with van der Waals surface area (Å²) in [6, 6.07) is 35.3. The van der Waals surface area contributed by atoms with E-state index in [-0.39, 0.29) is 11.9 Å². The second kappa shape index (κ2) is 9.77. The van der Waals surface area contributed by atoms with E-state index in [1.54, 1.807) is 6.07 Å². The number of carbonyl (C=O) groups is 1. The van der Waals surface area contributed by atoms with Crippen LogP contribution in [0.5, 0.6) is 5.75 Å². The van der Waals surface area contributed by atoms with Gasteiger partial charge in [-0.15, -0.1) is 0 Å². The molecule has 1 atom stereocenters. The normalized spacial score (nSPS) is 11.5. The molecule has 3 heteroatoms. The van der Waals surface area contributed by atoms with Gasteiger partial charge >= 0.3 is 0 Å². The van der Waals surface area contributed by atoms with Gasteiger partial charge in [-0.25, -0.2) is 0 Å². The van der Waals surface area contributed by atoms with Crippen molar-refractivity contribution >= 4 is 5.91 Å². The number of rotatable bonds is 7. The van der Waals surface area contributed by atoms with Crippen LogP contribution in [0.2, 0.25) is 0 Å². The summed E-state index contributed by atoms with van der Waals surface area (Å²) in [5, 5.41) is 3.20. The molecule has 0 saturated carbocycles. The SMILES string of the molecule is Cc1ccc([C@H](NC(=O)c2ccccc2OCc2ccccc2)c2ccccc2)cc1. The summed E-state index contributed by atoms with van der Waals surface area (Å²) in [5.41, 5.74) is 4.82. The lowest BCUT2D eigenvalue weighted by Gasteiger charge is -2.21. The van der Waals surface area contributed by atoms with Gasteiger partial charge in [-0.3, -0.25) is 4.79 Å². The van der Waals surface area contributed by atoms with Gasteiger partial charge in [0.15, 0.2) is 0 Å². The van der Waals surface area contributed by atoms with Crippen molar-refractivity contribution in [3.63, 3.8) is 0 Å². The van der Waals surface area contributed by atoms with Gasteiger partial charge in [-0.2, -0.15) is 0 Å². The first-order chi connectivity index (χ1) is 15.2. The first kappa shape index (κ1) is 20.4. The lowest BCUT2D eigenvalue weighted by atomic mass is 9.97. The Morgan fingerprint density at radius 3 is 2.03 bits per heavy atom. The van der Waals surface area contributed by atoms with Crippen LogP contribution in [0.15, 0.2) is 109 Å². The molecule has 154 valence electrons. The molecule has 0 radical (unpaired) electrons. The number of amides is 1. The third-order valence-corrected chi connectivity index (χ3v) is 5.19. The van der Waals surface area contributed by atoms with Gasteiger partial charge in [0.25, 0.3) is 5.91 Å². The maximum absolute atomic E-state index is 13.3. The Balaban J connectivity index is 1.58. The summed E-state index contributed by atoms with van der Waals surface area (Å²) < 4.78 is 5.99. The van der Waals surface area contributed by atoms with Crippen molar-refractivity contribution in [3.05, 3.63) is 137 Å². The highest BCUT2D eigenvalue weighted by Crippen LogP contribution is 2.25. The summed E-state index contributed by atoms with van der Waals surface area (Å²) in [5.74, 6) is 0.401. The average molecular weight is 408 g/mol. The van der Waals surface area contributed by atoms with E-state index in [0.717, 1.165) is 16.7 Å². The molecule has 4 rings (SSSR count). The molecule has 31 heavy (non-hydrogen) atoms. The Labute approximate surface area is 183 Å². The number of ether oxygens (including phenoxy) is 1. The monoisotopic (exact) mass is 407 g/mol. The van der Waals surface area contributed by atoms with E-state index in [0.29, 0.717) is 17.9 Å². The molecule has 0 spiro atoms. The molecule has 0 bridgehead atoms. The Morgan fingerprint density at radius 2 is 1.32 bits per heavy atom. The summed E-state index contributed by atoms with van der Waals surface area (Å²) >= 11 is 0. The summed E-state index contributed by atoms with van der Waals surface area (Å²) in [6.45, 7) is 2.46. The molecule has 0 fully saturated rings. The van der Waals surface area contributed by atoms with Gasteiger partial charge in [0, 0.05) is 0 Å². The molecule has 0 aliphatic carbocycles. The lowest BCUT2D eigenvalue weighted by Crippen LogP contribution is -2.29. The van der Waals surface area contributed by atoms with Crippen molar-refractivity contribution in [1.29, 1.82) is 0 Å². The van der Waals surface area contributed by atoms with Crippen molar-refractivity contribution in [2.24, 2.45) is 0 Å². The number of aryl methyl sites for hydroxylation is 1. The number of para-hydroxylation sites is 1. The molecule has 0 unspecified atom stereocenters. The van der Waals surface area contributed by atoms with Crippen LogP contribution in [0, 0.1) is 6.92 Å². The molecule has 4 aromatic carbocycles. The van der Waals surface area contributed by atoms with Crippen molar-refractivity contribution in [3.8, 4) is 5.75 Å². The van der Waals surface area contributed by atoms with E-state index in [4.69, 9.17) is 4.74 Å². The number of hydrogen-bond donors (Lipinski definition) is 1. The third-order valence-electron chi connectivity index (χ3n) is 5.19. The largest absolute Gasteiger partial charge is 0.488 e. The van der Waals surface area contributed by atoms with Gasteiger partial charge < -0.3 is 10.1 Å². The molecule has 1 amide bonds. The molecule has 0 aliphatic rings. The highest BCUT2D eigenvalue weighted by Gasteiger charge is 2.20. The Kier molecular flexibility index (Phi) is 6.44. The second-order valence-corrected chi connectivity index (χ2v) is 7.50. The number of benzene rings is 4. The number of carbonyl (C=O) groups excluding carboxylic acids is 1. The van der Waals surface area contributed by atoms with Crippen LogP contribution >= 0.6 is 0 Å². The molecule has 0 aromatic heterocycles. The number of nitrogens with one attached hydrogen (secondary N) is 1. The lowest BCUT2D eigenvalue weighted by molar-refractivity contribution is 0.0938. The van der Waals surface area contributed by atoms with Gasteiger partial charge in [-0.1, -0.05) is 103 Å². The molecule has 1 N–H and O–H groups in total. The smallest absolute Gasteiger partial charge is 0.255 e. The summed E-state index contributed by atoms with van der Waals surface area (Å²) in [4.78, 5) is 13.3. The zero-order valence-corrected chi connectivity index (χ0v) is 17.5. The highest BCUT2D eigenvalue weighted by atomic mass is 16.5. The van der Waals surface area contributed by atoms with Crippen LogP contribution in [0.4, 0.5) is 0 Å². The van der Waals surface area contributed by atoms with Crippen LogP contribution in [-0.4, -0.2) is 5.91 Å². The number of hydrogen-bond acceptors (Lipinski definition) is 2. The topological polar surface area (TPSA) is 38.3 Å². The summed E-state index contributed by atoms with van der Waals surface area (Å²) in [7, 11) is 0. The van der Waals surface area contributed by atoms with Gasteiger partial charge in [0.05, 0.1) is 11.6 Å². The highest BCUT2D eigenvalue weighted by molar-refractivity contribution is 5.97. The molecule has 4 aromatic rings. The Bertz CT molecular complexity index is 1120. The van der Waals surface area contributed by atoms with Gasteiger partial charge in [0.2, 0.25) is 0 Å². The van der Waals surface area contributed by atoms with E-state index >= 15 is 0 Å². The van der Waals surface area contributed by atoms with Crippen LogP contribution in [0.25, 0.3) is 0 Å². The van der Waals surface area contributed by atoms with Crippen LogP contribution in [0.3, 0.4) is 0 Å². The van der Waals surface area contributed by atoms with Crippen LogP contribution < -0.4 is 10.1 Å². The van der Waals surface area contributed by atoms with E-state index in [1.165, 1.54) is 5.56 Å². The maximum atomic E-state index is 13.3. The van der Waals surface area contributed by atoms with E-state index in [1.807, 2.05) is 78.9 Å². The van der Waals surface area contributed by atoms with E-state index < -0.39 is 0 Å². The quantitative estimate of drug-likeness (QED) is 0.402. The van der Waals surface area contributed by atoms with Crippen LogP contribution in [0.1, 0.15) is 38.7 Å². The van der Waals surface area contributed by atoms with Crippen molar-refractivity contribution in [2.75, 3.05) is 0 Å². The maximum Gasteiger partial charge on any atom is 0.255 e. The second-order valence-electron chi connectivity index (χ2n) is 7.50. The molecule has 0 heterocycles. The minimum absolute atomic E-state index is 0.168. The molecule has 0 aliphatic heterocycles. The Hall–Kier alpha value is -3.85. The fraction of sp³-hybridized carbons (Fsp3) is 0.107. The zero-order valence-electron chi connectivity index (χ0n) is 17.5. The van der Waals surface area contributed by atoms with Crippen LogP contribution in [-0.2, 0) is 6.61 Å². The van der Waals surface area contributed by atoms with Crippen molar-refractivity contribution in [1.82, 2.24) is 5.32 Å². The summed E-state index contributed by atoms with van der Waals surface area (Å²) in [6.07, 6.45) is 0. The average Bonchev–Trinajstić information content (AvgIpc) is 2.83. The van der Waals surface area contributed by atoms with E-state index in [9.17, 15) is 4.79 Å². The first-order valence-electron chi connectivity index (χ1n) is 10.4. The molecule has 3 nitrogen and oxygen atoms in total. The van der Waals surface area contributed by atoms with Gasteiger partial charge in [0.1, 0.15) is 12.4 Å². The van der Waals surface area contributed by atoms with E-state index in [2.05, 4.69) is 36.5 Å². The zero-order chi connectivity index (χ0) is 21.5. The van der Waals surface area contributed by atoms with Gasteiger partial charge in [-0.05, 0) is 35.7 Å². The minimum atomic E-state index is -0.253. The third kappa shape index (κ3) is 5.20. The predicted octanol–water partition coefficient (Wildman–Crippen LogP) is 6.09. The fourth-order valence-corrected chi connectivity index (χ4v) is 3.49. The van der Waals surface area contributed by atoms with Crippen molar-refractivity contribution in [2.45, 2.75) is 19.6 Å². The fourth-order valence-electron chi connectivity index (χ4n) is 3.49.